The Bertz CT molecular complexity index is 477. The van der Waals surface area contributed by atoms with Crippen LogP contribution in [0.5, 0.6) is 5.75 Å². The highest BCUT2D eigenvalue weighted by Gasteiger charge is 2.29. The van der Waals surface area contributed by atoms with E-state index in [-0.39, 0.29) is 12.6 Å². The summed E-state index contributed by atoms with van der Waals surface area (Å²) in [6.07, 6.45) is 2.02. The Kier molecular flexibility index (Phi) is 4.19. The average molecular weight is 293 g/mol. The Labute approximate surface area is 113 Å². The van der Waals surface area contributed by atoms with Gasteiger partial charge >= 0.3 is 0 Å². The number of hydrogen-bond acceptors (Lipinski definition) is 3. The van der Waals surface area contributed by atoms with E-state index in [1.807, 2.05) is 0 Å². The lowest BCUT2D eigenvalue weighted by atomic mass is 10.1. The summed E-state index contributed by atoms with van der Waals surface area (Å²) in [6.45, 7) is 1.05. The van der Waals surface area contributed by atoms with Crippen LogP contribution in [0.1, 0.15) is 19.8 Å². The second-order valence-corrected chi connectivity index (χ2v) is 5.24. The normalized spacial score (nSPS) is 17.9. The molecule has 1 saturated carbocycles. The molecule has 0 bridgehead atoms. The maximum atomic E-state index is 13.3. The Balaban J connectivity index is 2.02. The third-order valence-corrected chi connectivity index (χ3v) is 2.95. The molecule has 1 aromatic rings. The van der Waals surface area contributed by atoms with Crippen LogP contribution in [0, 0.1) is 23.3 Å². The van der Waals surface area contributed by atoms with Crippen molar-refractivity contribution in [1.29, 1.82) is 0 Å². The minimum absolute atomic E-state index is 0.102. The number of rotatable bonds is 6. The topological polar surface area (TPSA) is 41.5 Å². The van der Waals surface area contributed by atoms with E-state index in [2.05, 4.69) is 5.32 Å². The number of halogens is 4. The van der Waals surface area contributed by atoms with Crippen LogP contribution in [0.3, 0.4) is 0 Å². The lowest BCUT2D eigenvalue weighted by Gasteiger charge is -2.24. The van der Waals surface area contributed by atoms with Crippen LogP contribution in [0.25, 0.3) is 0 Å². The highest BCUT2D eigenvalue weighted by atomic mass is 19.2. The van der Waals surface area contributed by atoms with Crippen molar-refractivity contribution in [3.8, 4) is 5.75 Å². The summed E-state index contributed by atoms with van der Waals surface area (Å²) in [4.78, 5) is 0. The van der Waals surface area contributed by atoms with E-state index in [9.17, 15) is 22.7 Å². The van der Waals surface area contributed by atoms with Gasteiger partial charge in [-0.15, -0.1) is 0 Å². The lowest BCUT2D eigenvalue weighted by Crippen LogP contribution is -2.43. The van der Waals surface area contributed by atoms with E-state index in [0.717, 1.165) is 12.8 Å². The molecule has 1 aliphatic carbocycles. The Morgan fingerprint density at radius 3 is 2.30 bits per heavy atom. The highest BCUT2D eigenvalue weighted by Crippen LogP contribution is 2.27. The van der Waals surface area contributed by atoms with Crippen LogP contribution in [0.4, 0.5) is 17.6 Å². The van der Waals surface area contributed by atoms with Gasteiger partial charge in [-0.2, -0.15) is 8.78 Å². The Hall–Kier alpha value is -1.34. The smallest absolute Gasteiger partial charge is 0.203 e. The number of hydrogen-bond donors (Lipinski definition) is 2. The summed E-state index contributed by atoms with van der Waals surface area (Å²) in [6, 6.07) is 0.436. The van der Waals surface area contributed by atoms with Gasteiger partial charge in [-0.1, -0.05) is 0 Å². The number of ether oxygens (including phenoxy) is 1. The largest absolute Gasteiger partial charge is 0.484 e. The first-order valence-corrected chi connectivity index (χ1v) is 6.22. The third kappa shape index (κ3) is 3.61. The summed E-state index contributed by atoms with van der Waals surface area (Å²) in [5.41, 5.74) is -1.41. The molecule has 20 heavy (non-hydrogen) atoms. The standard InChI is InChI=1S/C13H15F4NO2/c1-13(19,5-18-7-2-3-7)6-20-12-10(16)8(14)4-9(15)11(12)17/h4,7,18-19H,2-3,5-6H2,1H3. The van der Waals surface area contributed by atoms with E-state index in [0.29, 0.717) is 6.04 Å². The van der Waals surface area contributed by atoms with Crippen molar-refractivity contribution < 1.29 is 27.4 Å². The second kappa shape index (κ2) is 5.57. The van der Waals surface area contributed by atoms with Crippen molar-refractivity contribution in [2.75, 3.05) is 13.2 Å². The van der Waals surface area contributed by atoms with E-state index < -0.39 is 41.2 Å². The number of aliphatic hydroxyl groups is 1. The molecule has 3 nitrogen and oxygen atoms in total. The Morgan fingerprint density at radius 2 is 1.80 bits per heavy atom. The summed E-state index contributed by atoms with van der Waals surface area (Å²) >= 11 is 0. The Morgan fingerprint density at radius 1 is 1.25 bits per heavy atom. The second-order valence-electron chi connectivity index (χ2n) is 5.24. The minimum atomic E-state index is -1.62. The van der Waals surface area contributed by atoms with Crippen molar-refractivity contribution in [1.82, 2.24) is 5.32 Å². The first-order chi connectivity index (χ1) is 9.30. The lowest BCUT2D eigenvalue weighted by molar-refractivity contribution is 0.00911. The quantitative estimate of drug-likeness (QED) is 0.623. The molecule has 1 unspecified atom stereocenters. The van der Waals surface area contributed by atoms with Crippen molar-refractivity contribution in [3.63, 3.8) is 0 Å². The molecule has 1 aromatic carbocycles. The molecule has 0 amide bonds. The summed E-state index contributed by atoms with van der Waals surface area (Å²) < 4.78 is 57.3. The molecule has 0 saturated heterocycles. The van der Waals surface area contributed by atoms with Gasteiger partial charge in [0.1, 0.15) is 12.2 Å². The molecular formula is C13H15F4NO2. The number of nitrogens with one attached hydrogen (secondary N) is 1. The van der Waals surface area contributed by atoms with Crippen LogP contribution in [-0.4, -0.2) is 29.9 Å². The van der Waals surface area contributed by atoms with Gasteiger partial charge in [-0.25, -0.2) is 8.78 Å². The molecule has 0 heterocycles. The molecule has 0 spiro atoms. The summed E-state index contributed by atoms with van der Waals surface area (Å²) in [5.74, 6) is -7.48. The van der Waals surface area contributed by atoms with Crippen molar-refractivity contribution in [3.05, 3.63) is 29.3 Å². The van der Waals surface area contributed by atoms with Gasteiger partial charge < -0.3 is 15.2 Å². The molecule has 7 heteroatoms. The van der Waals surface area contributed by atoms with Crippen LogP contribution >= 0.6 is 0 Å². The first-order valence-electron chi connectivity index (χ1n) is 6.22. The van der Waals surface area contributed by atoms with E-state index in [1.54, 1.807) is 0 Å². The zero-order valence-electron chi connectivity index (χ0n) is 10.9. The fourth-order valence-electron chi connectivity index (χ4n) is 1.61. The molecule has 2 rings (SSSR count). The molecular weight excluding hydrogens is 278 g/mol. The van der Waals surface area contributed by atoms with Gasteiger partial charge in [0.15, 0.2) is 17.4 Å². The molecule has 112 valence electrons. The van der Waals surface area contributed by atoms with Crippen molar-refractivity contribution >= 4 is 0 Å². The highest BCUT2D eigenvalue weighted by molar-refractivity contribution is 5.28. The average Bonchev–Trinajstić information content (AvgIpc) is 3.18. The van der Waals surface area contributed by atoms with Gasteiger partial charge in [0.25, 0.3) is 0 Å². The third-order valence-electron chi connectivity index (χ3n) is 2.95. The van der Waals surface area contributed by atoms with E-state index in [4.69, 9.17) is 4.74 Å². The zero-order valence-corrected chi connectivity index (χ0v) is 10.9. The van der Waals surface area contributed by atoms with E-state index >= 15 is 0 Å². The van der Waals surface area contributed by atoms with Crippen LogP contribution < -0.4 is 10.1 Å². The van der Waals surface area contributed by atoms with Crippen molar-refractivity contribution in [2.45, 2.75) is 31.4 Å². The molecule has 0 radical (unpaired) electrons. The fraction of sp³-hybridized carbons (Fsp3) is 0.538. The molecule has 1 atom stereocenters. The molecule has 0 aliphatic heterocycles. The predicted molar refractivity (Wildman–Crippen MR) is 63.4 cm³/mol. The van der Waals surface area contributed by atoms with Crippen LogP contribution in [-0.2, 0) is 0 Å². The monoisotopic (exact) mass is 293 g/mol. The summed E-state index contributed by atoms with van der Waals surface area (Å²) in [5, 5.41) is 13.0. The predicted octanol–water partition coefficient (Wildman–Crippen LogP) is 2.12. The molecule has 2 N–H and O–H groups in total. The van der Waals surface area contributed by atoms with Gasteiger partial charge in [-0.05, 0) is 19.8 Å². The van der Waals surface area contributed by atoms with Gasteiger partial charge in [0.2, 0.25) is 11.6 Å². The van der Waals surface area contributed by atoms with Crippen LogP contribution in [0.15, 0.2) is 6.07 Å². The SMILES string of the molecule is CC(O)(CNC1CC1)COc1c(F)c(F)cc(F)c1F. The zero-order chi connectivity index (χ0) is 14.9. The van der Waals surface area contributed by atoms with Gasteiger partial charge in [0, 0.05) is 18.7 Å². The van der Waals surface area contributed by atoms with Gasteiger partial charge in [0.05, 0.1) is 0 Å². The van der Waals surface area contributed by atoms with Crippen molar-refractivity contribution in [2.24, 2.45) is 0 Å². The molecule has 1 aliphatic rings. The molecule has 1 fully saturated rings. The minimum Gasteiger partial charge on any atom is -0.484 e. The maximum absolute atomic E-state index is 13.3. The van der Waals surface area contributed by atoms with E-state index in [1.165, 1.54) is 6.92 Å². The number of benzene rings is 1. The first kappa shape index (κ1) is 15.1. The summed E-state index contributed by atoms with van der Waals surface area (Å²) in [7, 11) is 0. The molecule has 0 aromatic heterocycles. The maximum Gasteiger partial charge on any atom is 0.203 e. The fourth-order valence-corrected chi connectivity index (χ4v) is 1.61. The van der Waals surface area contributed by atoms with Gasteiger partial charge in [-0.3, -0.25) is 0 Å². The van der Waals surface area contributed by atoms with Crippen LogP contribution in [0.2, 0.25) is 0 Å².